The third-order valence-corrected chi connectivity index (χ3v) is 4.70. The number of benzene rings is 2. The van der Waals surface area contributed by atoms with E-state index in [1.54, 1.807) is 28.6 Å². The first kappa shape index (κ1) is 20.0. The summed E-state index contributed by atoms with van der Waals surface area (Å²) in [6.45, 7) is 0.618. The lowest BCUT2D eigenvalue weighted by molar-refractivity contribution is -0.895. The summed E-state index contributed by atoms with van der Waals surface area (Å²) in [5.41, 5.74) is 1.37. The quantitative estimate of drug-likeness (QED) is 0.568. The van der Waals surface area contributed by atoms with Crippen molar-refractivity contribution in [2.45, 2.75) is 6.67 Å². The Morgan fingerprint density at radius 1 is 1.21 bits per heavy atom. The zero-order valence-corrected chi connectivity index (χ0v) is 17.0. The van der Waals surface area contributed by atoms with Crippen molar-refractivity contribution in [3.8, 4) is 11.4 Å². The maximum atomic E-state index is 12.3. The average Bonchev–Trinajstić information content (AvgIpc) is 3.04. The highest BCUT2D eigenvalue weighted by Crippen LogP contribution is 2.20. The van der Waals surface area contributed by atoms with Crippen LogP contribution in [0.2, 0.25) is 5.02 Å². The molecule has 0 fully saturated rings. The third-order valence-electron chi connectivity index (χ3n) is 3.99. The first-order valence-corrected chi connectivity index (χ1v) is 9.29. The van der Waals surface area contributed by atoms with Gasteiger partial charge in [-0.05, 0) is 59.0 Å². The highest BCUT2D eigenvalue weighted by Gasteiger charge is 2.14. The van der Waals surface area contributed by atoms with E-state index in [2.05, 4.69) is 15.7 Å². The first-order valence-electron chi connectivity index (χ1n) is 8.51. The van der Waals surface area contributed by atoms with E-state index in [4.69, 9.17) is 28.6 Å². The van der Waals surface area contributed by atoms with Gasteiger partial charge in [-0.15, -0.1) is 0 Å². The van der Waals surface area contributed by atoms with Crippen LogP contribution < -0.4 is 15.0 Å². The van der Waals surface area contributed by atoms with Gasteiger partial charge in [-0.3, -0.25) is 4.79 Å². The van der Waals surface area contributed by atoms with Crippen LogP contribution in [0.25, 0.3) is 5.69 Å². The lowest BCUT2D eigenvalue weighted by atomic mass is 10.3. The Bertz CT molecular complexity index is 1020. The van der Waals surface area contributed by atoms with Gasteiger partial charge in [0.25, 0.3) is 5.91 Å². The van der Waals surface area contributed by atoms with Crippen molar-refractivity contribution in [3.63, 3.8) is 0 Å². The highest BCUT2D eigenvalue weighted by atomic mass is 35.5. The summed E-state index contributed by atoms with van der Waals surface area (Å²) in [6.07, 6.45) is 0. The van der Waals surface area contributed by atoms with E-state index in [1.807, 2.05) is 43.4 Å². The van der Waals surface area contributed by atoms with Gasteiger partial charge in [0.15, 0.2) is 13.2 Å². The van der Waals surface area contributed by atoms with Gasteiger partial charge in [0.1, 0.15) is 5.75 Å². The zero-order chi connectivity index (χ0) is 20.1. The Kier molecular flexibility index (Phi) is 6.40. The Hall–Kier alpha value is -2.75. The fourth-order valence-corrected chi connectivity index (χ4v) is 3.03. The predicted octanol–water partition coefficient (Wildman–Crippen LogP) is 1.57. The summed E-state index contributed by atoms with van der Waals surface area (Å²) in [4.78, 5) is 13.1. The molecule has 146 valence electrons. The first-order chi connectivity index (χ1) is 13.5. The molecular formula is C18H20ClN6O2S+. The van der Waals surface area contributed by atoms with Crippen LogP contribution in [0.4, 0.5) is 5.69 Å². The summed E-state index contributed by atoms with van der Waals surface area (Å²) in [5.74, 6) is 0.594. The van der Waals surface area contributed by atoms with Gasteiger partial charge in [-0.1, -0.05) is 23.7 Å². The van der Waals surface area contributed by atoms with E-state index in [0.29, 0.717) is 22.1 Å². The number of carbonyl (C=O) groups excluding carboxylic acids is 1. The van der Waals surface area contributed by atoms with Gasteiger partial charge in [-0.25, -0.2) is 0 Å². The minimum Gasteiger partial charge on any atom is -0.497 e. The molecule has 0 bridgehead atoms. The summed E-state index contributed by atoms with van der Waals surface area (Å²) in [7, 11) is 3.48. The molecule has 3 aromatic rings. The van der Waals surface area contributed by atoms with Crippen LogP contribution in [-0.2, 0) is 11.5 Å². The van der Waals surface area contributed by atoms with E-state index in [1.165, 1.54) is 0 Å². The van der Waals surface area contributed by atoms with E-state index in [0.717, 1.165) is 16.3 Å². The van der Waals surface area contributed by atoms with Crippen LogP contribution in [0.1, 0.15) is 0 Å². The number of nitrogens with one attached hydrogen (secondary N) is 2. The van der Waals surface area contributed by atoms with E-state index in [9.17, 15) is 4.79 Å². The summed E-state index contributed by atoms with van der Waals surface area (Å²) in [5, 5.41) is 11.5. The summed E-state index contributed by atoms with van der Waals surface area (Å²) < 4.78 is 8.74. The molecule has 1 atom stereocenters. The van der Waals surface area contributed by atoms with Crippen LogP contribution in [-0.4, -0.2) is 46.4 Å². The number of nitrogens with zero attached hydrogens (tertiary/aromatic N) is 4. The van der Waals surface area contributed by atoms with E-state index >= 15 is 0 Å². The number of hydrogen-bond acceptors (Lipinski definition) is 5. The number of methoxy groups -OCH3 is 1. The van der Waals surface area contributed by atoms with Gasteiger partial charge in [0.2, 0.25) is 4.77 Å². The van der Waals surface area contributed by atoms with Crippen molar-refractivity contribution >= 4 is 35.4 Å². The Morgan fingerprint density at radius 2 is 1.93 bits per heavy atom. The number of rotatable bonds is 7. The lowest BCUT2D eigenvalue weighted by Gasteiger charge is -2.13. The molecule has 8 nitrogen and oxygen atoms in total. The number of anilines is 1. The smallest absolute Gasteiger partial charge is 0.279 e. The Balaban J connectivity index is 1.63. The number of likely N-dealkylation sites (N-methyl/N-ethyl adjacent to an activating group) is 1. The monoisotopic (exact) mass is 419 g/mol. The van der Waals surface area contributed by atoms with Crippen molar-refractivity contribution in [1.29, 1.82) is 0 Å². The van der Waals surface area contributed by atoms with Crippen LogP contribution >= 0.6 is 23.8 Å². The minimum atomic E-state index is -0.153. The van der Waals surface area contributed by atoms with Gasteiger partial charge < -0.3 is 15.0 Å². The maximum Gasteiger partial charge on any atom is 0.279 e. The average molecular weight is 420 g/mol. The van der Waals surface area contributed by atoms with Crippen molar-refractivity contribution in [3.05, 3.63) is 58.3 Å². The van der Waals surface area contributed by atoms with Crippen LogP contribution in [0.5, 0.6) is 5.75 Å². The molecule has 2 N–H and O–H groups in total. The van der Waals surface area contributed by atoms with Crippen molar-refractivity contribution in [1.82, 2.24) is 19.8 Å². The van der Waals surface area contributed by atoms with Crippen molar-refractivity contribution in [2.75, 3.05) is 26.0 Å². The second-order valence-corrected chi connectivity index (χ2v) is 6.96. The van der Waals surface area contributed by atoms with Gasteiger partial charge in [0, 0.05) is 0 Å². The fraction of sp³-hybridized carbons (Fsp3) is 0.222. The molecule has 28 heavy (non-hydrogen) atoms. The van der Waals surface area contributed by atoms with Gasteiger partial charge in [-0.2, -0.15) is 9.36 Å². The second-order valence-electron chi connectivity index (χ2n) is 6.19. The molecule has 1 unspecified atom stereocenters. The molecular weight excluding hydrogens is 400 g/mol. The molecule has 0 saturated heterocycles. The number of hydrogen-bond donors (Lipinski definition) is 2. The summed E-state index contributed by atoms with van der Waals surface area (Å²) in [6, 6.07) is 14.5. The van der Waals surface area contributed by atoms with E-state index in [-0.39, 0.29) is 12.5 Å². The van der Waals surface area contributed by atoms with E-state index < -0.39 is 0 Å². The number of quaternary nitrogens is 1. The van der Waals surface area contributed by atoms with Crippen LogP contribution in [0, 0.1) is 4.77 Å². The number of halogens is 1. The molecule has 3 rings (SSSR count). The number of carbonyl (C=O) groups is 1. The molecule has 1 aromatic heterocycles. The van der Waals surface area contributed by atoms with Crippen molar-refractivity contribution in [2.24, 2.45) is 0 Å². The van der Waals surface area contributed by atoms with Gasteiger partial charge in [0.05, 0.1) is 30.6 Å². The normalized spacial score (nSPS) is 11.8. The molecule has 2 aromatic carbocycles. The fourth-order valence-electron chi connectivity index (χ4n) is 2.60. The molecule has 0 aliphatic carbocycles. The number of tetrazole rings is 1. The second kappa shape index (κ2) is 8.96. The number of ether oxygens (including phenoxy) is 1. The molecule has 10 heteroatoms. The Morgan fingerprint density at radius 3 is 2.61 bits per heavy atom. The van der Waals surface area contributed by atoms with Crippen LogP contribution in [0.15, 0.2) is 48.5 Å². The largest absolute Gasteiger partial charge is 0.497 e. The molecule has 0 saturated carbocycles. The zero-order valence-electron chi connectivity index (χ0n) is 15.4. The number of para-hydroxylation sites is 1. The molecule has 1 heterocycles. The number of amides is 1. The molecule has 0 spiro atoms. The lowest BCUT2D eigenvalue weighted by Crippen LogP contribution is -3.09. The third kappa shape index (κ3) is 4.75. The van der Waals surface area contributed by atoms with Crippen molar-refractivity contribution < 1.29 is 14.4 Å². The topological polar surface area (TPSA) is 78.4 Å². The molecule has 1 amide bonds. The standard InChI is InChI=1S/C18H19ClN6O2S/c1-23(11-17(26)20-16-6-4-3-5-15(16)19)12-24-18(28)25(22-21-24)13-7-9-14(27-2)10-8-13/h3-10H,11-12H2,1-2H3,(H,20,26)/p+1. The Labute approximate surface area is 172 Å². The molecule has 0 aliphatic rings. The van der Waals surface area contributed by atoms with Crippen LogP contribution in [0.3, 0.4) is 0 Å². The SMILES string of the molecule is COc1ccc(-n2nnn(C[NH+](C)CC(=O)Nc3ccccc3Cl)c2=S)cc1. The summed E-state index contributed by atoms with van der Waals surface area (Å²) >= 11 is 11.5. The van der Waals surface area contributed by atoms with Gasteiger partial charge >= 0.3 is 0 Å². The number of aromatic nitrogens is 4. The highest BCUT2D eigenvalue weighted by molar-refractivity contribution is 7.71. The molecule has 0 radical (unpaired) electrons. The molecule has 0 aliphatic heterocycles. The predicted molar refractivity (Wildman–Crippen MR) is 109 cm³/mol. The maximum absolute atomic E-state index is 12.3. The minimum absolute atomic E-state index is 0.153.